The van der Waals surface area contributed by atoms with Gasteiger partial charge in [-0.3, -0.25) is 13.9 Å². The van der Waals surface area contributed by atoms with Crippen molar-refractivity contribution < 1.29 is 22.7 Å². The second kappa shape index (κ2) is 11.1. The molecule has 1 aliphatic rings. The lowest BCUT2D eigenvalue weighted by Crippen LogP contribution is -2.41. The minimum Gasteiger partial charge on any atom is -0.378 e. The van der Waals surface area contributed by atoms with Gasteiger partial charge in [0.2, 0.25) is 5.91 Å². The highest BCUT2D eigenvalue weighted by Gasteiger charge is 2.28. The van der Waals surface area contributed by atoms with Crippen LogP contribution in [0.5, 0.6) is 0 Å². The zero-order valence-electron chi connectivity index (χ0n) is 21.2. The molecule has 0 aliphatic carbocycles. The van der Waals surface area contributed by atoms with Crippen LogP contribution in [-0.2, 0) is 19.6 Å². The monoisotopic (exact) mass is 521 g/mol. The van der Waals surface area contributed by atoms with Crippen LogP contribution in [0.2, 0.25) is 0 Å². The van der Waals surface area contributed by atoms with E-state index in [0.717, 1.165) is 21.0 Å². The summed E-state index contributed by atoms with van der Waals surface area (Å²) in [7, 11) is -4.05. The molecule has 1 N–H and O–H groups in total. The van der Waals surface area contributed by atoms with E-state index in [-0.39, 0.29) is 10.8 Å². The molecule has 37 heavy (non-hydrogen) atoms. The Labute approximate surface area is 217 Å². The number of carbonyl (C=O) groups is 2. The predicted octanol–water partition coefficient (Wildman–Crippen LogP) is 3.92. The Morgan fingerprint density at radius 1 is 0.919 bits per heavy atom. The highest BCUT2D eigenvalue weighted by atomic mass is 32.2. The molecule has 0 bridgehead atoms. The molecule has 0 aromatic heterocycles. The second-order valence-corrected chi connectivity index (χ2v) is 11.0. The van der Waals surface area contributed by atoms with E-state index in [1.165, 1.54) is 12.1 Å². The summed E-state index contributed by atoms with van der Waals surface area (Å²) in [5.41, 5.74) is 3.90. The van der Waals surface area contributed by atoms with Crippen molar-refractivity contribution in [2.45, 2.75) is 25.7 Å². The number of nitrogens with one attached hydrogen (secondary N) is 1. The largest absolute Gasteiger partial charge is 0.378 e. The summed E-state index contributed by atoms with van der Waals surface area (Å²) in [6.07, 6.45) is 0. The summed E-state index contributed by atoms with van der Waals surface area (Å²) in [5, 5.41) is 2.77. The lowest BCUT2D eigenvalue weighted by atomic mass is 10.1. The van der Waals surface area contributed by atoms with Crippen LogP contribution in [0.1, 0.15) is 27.0 Å². The highest BCUT2D eigenvalue weighted by Crippen LogP contribution is 2.26. The predicted molar refractivity (Wildman–Crippen MR) is 143 cm³/mol. The van der Waals surface area contributed by atoms with Crippen molar-refractivity contribution in [3.8, 4) is 0 Å². The van der Waals surface area contributed by atoms with Gasteiger partial charge < -0.3 is 15.0 Å². The fourth-order valence-electron chi connectivity index (χ4n) is 4.07. The number of hydrogen-bond acceptors (Lipinski definition) is 5. The summed E-state index contributed by atoms with van der Waals surface area (Å²) in [6.45, 7) is 7.10. The molecule has 3 aromatic carbocycles. The molecule has 1 saturated heterocycles. The number of ether oxygens (including phenoxy) is 1. The molecule has 0 saturated carbocycles. The van der Waals surface area contributed by atoms with Crippen LogP contribution >= 0.6 is 0 Å². The SMILES string of the molecule is Cc1ccc(S(=O)(=O)N(CC(=O)Nc2ccccc2C(=O)N2CCOCC2)c2ccc(C)c(C)c2)cc1. The van der Waals surface area contributed by atoms with E-state index in [2.05, 4.69) is 5.32 Å². The highest BCUT2D eigenvalue weighted by molar-refractivity contribution is 7.92. The van der Waals surface area contributed by atoms with Crippen molar-refractivity contribution in [3.05, 3.63) is 89.0 Å². The number of morpholine rings is 1. The third kappa shape index (κ3) is 6.00. The molecular weight excluding hydrogens is 490 g/mol. The number of nitrogens with zero attached hydrogens (tertiary/aromatic N) is 2. The van der Waals surface area contributed by atoms with Crippen LogP contribution in [0.3, 0.4) is 0 Å². The third-order valence-corrected chi connectivity index (χ3v) is 8.19. The zero-order valence-corrected chi connectivity index (χ0v) is 22.0. The van der Waals surface area contributed by atoms with Crippen LogP contribution in [0.25, 0.3) is 0 Å². The van der Waals surface area contributed by atoms with Gasteiger partial charge in [-0.05, 0) is 68.3 Å². The second-order valence-electron chi connectivity index (χ2n) is 9.09. The quantitative estimate of drug-likeness (QED) is 0.509. The van der Waals surface area contributed by atoms with Gasteiger partial charge >= 0.3 is 0 Å². The summed E-state index contributed by atoms with van der Waals surface area (Å²) in [4.78, 5) is 28.1. The van der Waals surface area contributed by atoms with Gasteiger partial charge in [0.15, 0.2) is 0 Å². The van der Waals surface area contributed by atoms with Crippen LogP contribution < -0.4 is 9.62 Å². The minimum absolute atomic E-state index is 0.0898. The van der Waals surface area contributed by atoms with Crippen LogP contribution in [-0.4, -0.2) is 58.0 Å². The zero-order chi connectivity index (χ0) is 26.6. The smallest absolute Gasteiger partial charge is 0.264 e. The third-order valence-electron chi connectivity index (χ3n) is 6.40. The molecule has 4 rings (SSSR count). The van der Waals surface area contributed by atoms with Gasteiger partial charge in [0.1, 0.15) is 6.54 Å². The van der Waals surface area contributed by atoms with Crippen LogP contribution in [0, 0.1) is 20.8 Å². The Hall–Kier alpha value is -3.69. The number of rotatable bonds is 7. The Bertz CT molecular complexity index is 1400. The van der Waals surface area contributed by atoms with E-state index >= 15 is 0 Å². The van der Waals surface area contributed by atoms with Gasteiger partial charge in [-0.25, -0.2) is 8.42 Å². The molecule has 8 nitrogen and oxygen atoms in total. The van der Waals surface area contributed by atoms with Crippen molar-refractivity contribution in [1.29, 1.82) is 0 Å². The number of aryl methyl sites for hydroxylation is 3. The maximum Gasteiger partial charge on any atom is 0.264 e. The molecule has 1 aliphatic heterocycles. The van der Waals surface area contributed by atoms with E-state index in [1.807, 2.05) is 26.8 Å². The standard InChI is InChI=1S/C28H31N3O5S/c1-20-8-12-24(13-9-20)37(34,35)31(23-11-10-21(2)22(3)18-23)19-27(32)29-26-7-5-4-6-25(26)28(33)30-14-16-36-17-15-30/h4-13,18H,14-17,19H2,1-3H3,(H,29,32). The van der Waals surface area contributed by atoms with Gasteiger partial charge in [0, 0.05) is 13.1 Å². The van der Waals surface area contributed by atoms with Crippen molar-refractivity contribution in [2.75, 3.05) is 42.5 Å². The first-order valence-corrected chi connectivity index (χ1v) is 13.5. The molecule has 0 radical (unpaired) electrons. The molecule has 1 fully saturated rings. The Morgan fingerprint density at radius 2 is 1.59 bits per heavy atom. The molecule has 1 heterocycles. The normalized spacial score (nSPS) is 13.8. The first kappa shape index (κ1) is 26.4. The average molecular weight is 522 g/mol. The maximum absolute atomic E-state index is 13.7. The Kier molecular flexibility index (Phi) is 7.94. The minimum atomic E-state index is -4.05. The van der Waals surface area contributed by atoms with Gasteiger partial charge in [0.25, 0.3) is 15.9 Å². The fourth-order valence-corrected chi connectivity index (χ4v) is 5.48. The molecule has 0 spiro atoms. The van der Waals surface area contributed by atoms with E-state index in [1.54, 1.807) is 53.4 Å². The summed E-state index contributed by atoms with van der Waals surface area (Å²) < 4.78 is 33.8. The summed E-state index contributed by atoms with van der Waals surface area (Å²) >= 11 is 0. The topological polar surface area (TPSA) is 96.0 Å². The number of anilines is 2. The van der Waals surface area contributed by atoms with Gasteiger partial charge in [-0.1, -0.05) is 35.9 Å². The molecule has 194 valence electrons. The van der Waals surface area contributed by atoms with Crippen LogP contribution in [0.15, 0.2) is 71.6 Å². The molecule has 9 heteroatoms. The Balaban J connectivity index is 1.63. The van der Waals surface area contributed by atoms with E-state index in [0.29, 0.717) is 43.2 Å². The number of hydrogen-bond donors (Lipinski definition) is 1. The summed E-state index contributed by atoms with van der Waals surface area (Å²) in [6, 6.07) is 18.5. The fraction of sp³-hybridized carbons (Fsp3) is 0.286. The lowest BCUT2D eigenvalue weighted by molar-refractivity contribution is -0.114. The Morgan fingerprint density at radius 3 is 2.27 bits per heavy atom. The van der Waals surface area contributed by atoms with Gasteiger partial charge in [-0.15, -0.1) is 0 Å². The molecule has 2 amide bonds. The van der Waals surface area contributed by atoms with Crippen molar-refractivity contribution in [1.82, 2.24) is 4.90 Å². The molecular formula is C28H31N3O5S. The first-order valence-electron chi connectivity index (χ1n) is 12.1. The number of para-hydroxylation sites is 1. The van der Waals surface area contributed by atoms with Crippen molar-refractivity contribution in [3.63, 3.8) is 0 Å². The lowest BCUT2D eigenvalue weighted by Gasteiger charge is -2.28. The summed E-state index contributed by atoms with van der Waals surface area (Å²) in [5.74, 6) is -0.770. The van der Waals surface area contributed by atoms with Gasteiger partial charge in [0.05, 0.1) is 35.0 Å². The van der Waals surface area contributed by atoms with Crippen molar-refractivity contribution in [2.24, 2.45) is 0 Å². The van der Waals surface area contributed by atoms with Crippen LogP contribution in [0.4, 0.5) is 11.4 Å². The number of sulfonamides is 1. The molecule has 3 aromatic rings. The van der Waals surface area contributed by atoms with Gasteiger partial charge in [-0.2, -0.15) is 0 Å². The van der Waals surface area contributed by atoms with Crippen molar-refractivity contribution >= 4 is 33.2 Å². The number of carbonyl (C=O) groups excluding carboxylic acids is 2. The average Bonchev–Trinajstić information content (AvgIpc) is 2.89. The maximum atomic E-state index is 13.7. The molecule has 0 atom stereocenters. The number of amides is 2. The van der Waals surface area contributed by atoms with E-state index < -0.39 is 22.5 Å². The van der Waals surface area contributed by atoms with E-state index in [9.17, 15) is 18.0 Å². The molecule has 0 unspecified atom stereocenters. The first-order chi connectivity index (χ1) is 17.7. The number of benzene rings is 3. The van der Waals surface area contributed by atoms with E-state index in [4.69, 9.17) is 4.74 Å².